The van der Waals surface area contributed by atoms with E-state index >= 15 is 0 Å². The summed E-state index contributed by atoms with van der Waals surface area (Å²) in [7, 11) is 1.60. The number of para-hydroxylation sites is 2. The Balaban J connectivity index is 2.41. The Labute approximate surface area is 115 Å². The first-order valence-corrected chi connectivity index (χ1v) is 6.19. The van der Waals surface area contributed by atoms with Crippen LogP contribution in [0, 0.1) is 0 Å². The van der Waals surface area contributed by atoms with Crippen LogP contribution in [0.4, 0.5) is 0 Å². The Bertz CT molecular complexity index is 734. The molecule has 0 spiro atoms. The molecule has 20 heavy (non-hydrogen) atoms. The average Bonchev–Trinajstić information content (AvgIpc) is 2.44. The second-order valence-corrected chi connectivity index (χ2v) is 4.23. The highest BCUT2D eigenvalue weighted by atomic mass is 16.5. The van der Waals surface area contributed by atoms with Gasteiger partial charge in [0.1, 0.15) is 5.69 Å². The van der Waals surface area contributed by atoms with Crippen LogP contribution in [0.5, 0.6) is 0 Å². The number of esters is 1. The summed E-state index contributed by atoms with van der Waals surface area (Å²) in [5.74, 6) is -1.71. The molecule has 2 aromatic rings. The number of ether oxygens (including phenoxy) is 1. The van der Waals surface area contributed by atoms with E-state index in [-0.39, 0.29) is 24.3 Å². The molecule has 0 aliphatic heterocycles. The summed E-state index contributed by atoms with van der Waals surface area (Å²) >= 11 is 0. The minimum atomic E-state index is -0.940. The summed E-state index contributed by atoms with van der Waals surface area (Å²) in [6.07, 6.45) is -0.351. The number of fused-ring (bicyclic) bond motifs is 1. The lowest BCUT2D eigenvalue weighted by molar-refractivity contribution is -0.153. The fourth-order valence-corrected chi connectivity index (χ4v) is 1.89. The fourth-order valence-electron chi connectivity index (χ4n) is 1.89. The molecule has 0 amide bonds. The second kappa shape index (κ2) is 5.64. The first-order valence-electron chi connectivity index (χ1n) is 6.19. The van der Waals surface area contributed by atoms with E-state index in [0.29, 0.717) is 11.0 Å². The molecule has 0 unspecified atom stereocenters. The zero-order valence-corrected chi connectivity index (χ0v) is 11.3. The topological polar surface area (TPSA) is 78.3 Å². The number of aryl methyl sites for hydroxylation is 1. The van der Waals surface area contributed by atoms with Crippen LogP contribution in [-0.4, -0.2) is 27.9 Å². The van der Waals surface area contributed by atoms with E-state index in [1.165, 1.54) is 4.57 Å². The van der Waals surface area contributed by atoms with Crippen molar-refractivity contribution in [1.82, 2.24) is 9.55 Å². The molecule has 104 valence electrons. The molecule has 0 fully saturated rings. The molecule has 1 aromatic carbocycles. The largest absolute Gasteiger partial charge is 0.460 e. The molecule has 0 bridgehead atoms. The van der Waals surface area contributed by atoms with Crippen molar-refractivity contribution in [2.24, 2.45) is 7.05 Å². The molecular weight excluding hydrogens is 260 g/mol. The van der Waals surface area contributed by atoms with Crippen molar-refractivity contribution in [3.05, 3.63) is 40.3 Å². The van der Waals surface area contributed by atoms with Gasteiger partial charge in [-0.15, -0.1) is 0 Å². The monoisotopic (exact) mass is 274 g/mol. The molecule has 0 saturated heterocycles. The molecule has 0 atom stereocenters. The molecule has 0 aliphatic carbocycles. The summed E-state index contributed by atoms with van der Waals surface area (Å²) in [4.78, 5) is 39.2. The second-order valence-electron chi connectivity index (χ2n) is 4.23. The standard InChI is InChI=1S/C14H14N2O4/c1-3-20-14(19)12(17)8-10-13(18)16(2)11-7-5-4-6-9(11)15-10/h4-7H,3,8H2,1-2H3. The average molecular weight is 274 g/mol. The van der Waals surface area contributed by atoms with E-state index in [0.717, 1.165) is 0 Å². The normalized spacial score (nSPS) is 10.5. The van der Waals surface area contributed by atoms with Crippen LogP contribution in [0.1, 0.15) is 12.6 Å². The van der Waals surface area contributed by atoms with Crippen molar-refractivity contribution in [2.75, 3.05) is 6.61 Å². The van der Waals surface area contributed by atoms with E-state index in [2.05, 4.69) is 9.72 Å². The molecular formula is C14H14N2O4. The number of Topliss-reactive ketones (excluding diaryl/α,β-unsaturated/α-hetero) is 1. The van der Waals surface area contributed by atoms with Gasteiger partial charge in [-0.05, 0) is 19.1 Å². The van der Waals surface area contributed by atoms with Crippen molar-refractivity contribution in [1.29, 1.82) is 0 Å². The lowest BCUT2D eigenvalue weighted by atomic mass is 10.2. The summed E-state index contributed by atoms with van der Waals surface area (Å²) in [5.41, 5.74) is 0.927. The first kappa shape index (κ1) is 13.9. The van der Waals surface area contributed by atoms with Crippen molar-refractivity contribution in [2.45, 2.75) is 13.3 Å². The number of carbonyl (C=O) groups is 2. The SMILES string of the molecule is CCOC(=O)C(=O)Cc1nc2ccccc2n(C)c1=O. The Morgan fingerprint density at radius 2 is 2.00 bits per heavy atom. The predicted octanol–water partition coefficient (Wildman–Crippen LogP) is 0.608. The van der Waals surface area contributed by atoms with Crippen LogP contribution in [-0.2, 0) is 27.8 Å². The zero-order chi connectivity index (χ0) is 14.7. The summed E-state index contributed by atoms with van der Waals surface area (Å²) in [5, 5.41) is 0. The highest BCUT2D eigenvalue weighted by molar-refractivity contribution is 6.34. The van der Waals surface area contributed by atoms with Crippen LogP contribution in [0.15, 0.2) is 29.1 Å². The zero-order valence-electron chi connectivity index (χ0n) is 11.3. The van der Waals surface area contributed by atoms with Gasteiger partial charge in [-0.2, -0.15) is 0 Å². The molecule has 0 radical (unpaired) electrons. The molecule has 0 saturated carbocycles. The van der Waals surface area contributed by atoms with Gasteiger partial charge < -0.3 is 9.30 Å². The van der Waals surface area contributed by atoms with E-state index in [1.54, 1.807) is 38.2 Å². The maximum atomic E-state index is 12.1. The van der Waals surface area contributed by atoms with Gasteiger partial charge in [0.05, 0.1) is 24.1 Å². The van der Waals surface area contributed by atoms with Crippen LogP contribution >= 0.6 is 0 Å². The lowest BCUT2D eigenvalue weighted by Crippen LogP contribution is -2.28. The van der Waals surface area contributed by atoms with Gasteiger partial charge in [0, 0.05) is 7.05 Å². The van der Waals surface area contributed by atoms with E-state index in [1.807, 2.05) is 0 Å². The van der Waals surface area contributed by atoms with Crippen molar-refractivity contribution in [3.63, 3.8) is 0 Å². The maximum absolute atomic E-state index is 12.1. The smallest absolute Gasteiger partial charge is 0.375 e. The Kier molecular flexibility index (Phi) is 3.93. The predicted molar refractivity (Wildman–Crippen MR) is 72.3 cm³/mol. The number of hydrogen-bond acceptors (Lipinski definition) is 5. The number of carbonyl (C=O) groups excluding carboxylic acids is 2. The van der Waals surface area contributed by atoms with E-state index in [4.69, 9.17) is 0 Å². The molecule has 0 N–H and O–H groups in total. The van der Waals surface area contributed by atoms with Crippen molar-refractivity contribution < 1.29 is 14.3 Å². The van der Waals surface area contributed by atoms with Gasteiger partial charge in [0.2, 0.25) is 5.78 Å². The van der Waals surface area contributed by atoms with Gasteiger partial charge in [0.15, 0.2) is 0 Å². The van der Waals surface area contributed by atoms with Crippen molar-refractivity contribution >= 4 is 22.8 Å². The Morgan fingerprint density at radius 3 is 2.70 bits per heavy atom. The number of rotatable bonds is 4. The van der Waals surface area contributed by atoms with Crippen LogP contribution < -0.4 is 5.56 Å². The highest BCUT2D eigenvalue weighted by Gasteiger charge is 2.19. The van der Waals surface area contributed by atoms with Crippen molar-refractivity contribution in [3.8, 4) is 0 Å². The maximum Gasteiger partial charge on any atom is 0.375 e. The number of ketones is 1. The van der Waals surface area contributed by atoms with Gasteiger partial charge in [-0.3, -0.25) is 9.59 Å². The summed E-state index contributed by atoms with van der Waals surface area (Å²) in [6, 6.07) is 7.09. The quantitative estimate of drug-likeness (QED) is 0.603. The van der Waals surface area contributed by atoms with Crippen LogP contribution in [0.25, 0.3) is 11.0 Å². The van der Waals surface area contributed by atoms with Gasteiger partial charge in [0.25, 0.3) is 5.56 Å². The molecule has 6 nitrogen and oxygen atoms in total. The first-order chi connectivity index (χ1) is 9.54. The fraction of sp³-hybridized carbons (Fsp3) is 0.286. The Hall–Kier alpha value is -2.50. The molecule has 6 heteroatoms. The molecule has 1 aromatic heterocycles. The number of nitrogens with zero attached hydrogens (tertiary/aromatic N) is 2. The summed E-state index contributed by atoms with van der Waals surface area (Å²) < 4.78 is 6.02. The molecule has 1 heterocycles. The number of hydrogen-bond donors (Lipinski definition) is 0. The number of benzene rings is 1. The third-order valence-corrected chi connectivity index (χ3v) is 2.88. The van der Waals surface area contributed by atoms with Gasteiger partial charge in [-0.1, -0.05) is 12.1 Å². The molecule has 2 rings (SSSR count). The Morgan fingerprint density at radius 1 is 1.30 bits per heavy atom. The third-order valence-electron chi connectivity index (χ3n) is 2.88. The van der Waals surface area contributed by atoms with Crippen LogP contribution in [0.3, 0.4) is 0 Å². The highest BCUT2D eigenvalue weighted by Crippen LogP contribution is 2.08. The minimum Gasteiger partial charge on any atom is -0.460 e. The third kappa shape index (κ3) is 2.59. The van der Waals surface area contributed by atoms with Crippen LogP contribution in [0.2, 0.25) is 0 Å². The number of aromatic nitrogens is 2. The van der Waals surface area contributed by atoms with Gasteiger partial charge in [-0.25, -0.2) is 9.78 Å². The molecule has 0 aliphatic rings. The van der Waals surface area contributed by atoms with Gasteiger partial charge >= 0.3 is 5.97 Å². The van der Waals surface area contributed by atoms with E-state index in [9.17, 15) is 14.4 Å². The minimum absolute atomic E-state index is 0.0456. The lowest BCUT2D eigenvalue weighted by Gasteiger charge is -2.07. The van der Waals surface area contributed by atoms with E-state index < -0.39 is 11.8 Å². The summed E-state index contributed by atoms with van der Waals surface area (Å²) in [6.45, 7) is 1.73.